The van der Waals surface area contributed by atoms with Crippen molar-refractivity contribution in [1.29, 1.82) is 0 Å². The van der Waals surface area contributed by atoms with Crippen LogP contribution in [0.25, 0.3) is 0 Å². The SMILES string of the molecule is COc1cccc([C@@H](C)NCc2ccc(C)cc2C)c1. The molecule has 0 saturated heterocycles. The van der Waals surface area contributed by atoms with Gasteiger partial charge in [0.15, 0.2) is 0 Å². The van der Waals surface area contributed by atoms with E-state index in [0.29, 0.717) is 6.04 Å². The summed E-state index contributed by atoms with van der Waals surface area (Å²) in [5.74, 6) is 0.905. The molecule has 0 spiro atoms. The van der Waals surface area contributed by atoms with Gasteiger partial charge in [0.2, 0.25) is 0 Å². The fraction of sp³-hybridized carbons (Fsp3) is 0.333. The van der Waals surface area contributed by atoms with Crippen LogP contribution in [0.15, 0.2) is 42.5 Å². The first-order chi connectivity index (χ1) is 9.60. The molecule has 0 saturated carbocycles. The summed E-state index contributed by atoms with van der Waals surface area (Å²) in [7, 11) is 1.70. The van der Waals surface area contributed by atoms with E-state index < -0.39 is 0 Å². The molecule has 0 bridgehead atoms. The average Bonchev–Trinajstić information content (AvgIpc) is 2.46. The Morgan fingerprint density at radius 1 is 1.10 bits per heavy atom. The Hall–Kier alpha value is -1.80. The lowest BCUT2D eigenvalue weighted by Gasteiger charge is -2.16. The summed E-state index contributed by atoms with van der Waals surface area (Å²) in [4.78, 5) is 0. The highest BCUT2D eigenvalue weighted by Crippen LogP contribution is 2.19. The van der Waals surface area contributed by atoms with Crippen molar-refractivity contribution in [3.63, 3.8) is 0 Å². The smallest absolute Gasteiger partial charge is 0.119 e. The number of benzene rings is 2. The molecule has 0 radical (unpaired) electrons. The largest absolute Gasteiger partial charge is 0.497 e. The molecule has 0 aliphatic rings. The Kier molecular flexibility index (Phi) is 4.80. The van der Waals surface area contributed by atoms with E-state index in [-0.39, 0.29) is 0 Å². The van der Waals surface area contributed by atoms with Gasteiger partial charge in [-0.3, -0.25) is 0 Å². The van der Waals surface area contributed by atoms with Gasteiger partial charge in [0.05, 0.1) is 7.11 Å². The van der Waals surface area contributed by atoms with Crippen molar-refractivity contribution in [3.05, 3.63) is 64.7 Å². The Morgan fingerprint density at radius 3 is 2.60 bits per heavy atom. The number of aryl methyl sites for hydroxylation is 2. The second-order valence-corrected chi connectivity index (χ2v) is 5.31. The highest BCUT2D eigenvalue weighted by molar-refractivity contribution is 5.32. The molecule has 1 N–H and O–H groups in total. The Morgan fingerprint density at radius 2 is 1.90 bits per heavy atom. The van der Waals surface area contributed by atoms with Crippen LogP contribution in [0.1, 0.15) is 35.2 Å². The van der Waals surface area contributed by atoms with Crippen LogP contribution in [-0.4, -0.2) is 7.11 Å². The predicted octanol–water partition coefficient (Wildman–Crippen LogP) is 4.16. The number of hydrogen-bond acceptors (Lipinski definition) is 2. The first-order valence-corrected chi connectivity index (χ1v) is 7.03. The van der Waals surface area contributed by atoms with Crippen LogP contribution in [0.3, 0.4) is 0 Å². The van der Waals surface area contributed by atoms with Crippen molar-refractivity contribution in [3.8, 4) is 5.75 Å². The monoisotopic (exact) mass is 269 g/mol. The fourth-order valence-electron chi connectivity index (χ4n) is 2.34. The number of methoxy groups -OCH3 is 1. The first kappa shape index (κ1) is 14.6. The maximum absolute atomic E-state index is 5.27. The third-order valence-electron chi connectivity index (χ3n) is 3.69. The molecule has 2 aromatic carbocycles. The van der Waals surface area contributed by atoms with Crippen molar-refractivity contribution in [1.82, 2.24) is 5.32 Å². The Labute approximate surface area is 121 Å². The summed E-state index contributed by atoms with van der Waals surface area (Å²) in [6, 6.07) is 15.1. The molecule has 0 fully saturated rings. The van der Waals surface area contributed by atoms with Gasteiger partial charge in [-0.25, -0.2) is 0 Å². The Bertz CT molecular complexity index is 577. The molecule has 0 unspecified atom stereocenters. The summed E-state index contributed by atoms with van der Waals surface area (Å²) < 4.78 is 5.27. The maximum Gasteiger partial charge on any atom is 0.119 e. The minimum absolute atomic E-state index is 0.297. The lowest BCUT2D eigenvalue weighted by Crippen LogP contribution is -2.18. The van der Waals surface area contributed by atoms with Crippen molar-refractivity contribution < 1.29 is 4.74 Å². The molecular weight excluding hydrogens is 246 g/mol. The van der Waals surface area contributed by atoms with Gasteiger partial charge in [-0.1, -0.05) is 35.9 Å². The molecule has 106 valence electrons. The van der Waals surface area contributed by atoms with Gasteiger partial charge >= 0.3 is 0 Å². The summed E-state index contributed by atoms with van der Waals surface area (Å²) >= 11 is 0. The number of hydrogen-bond donors (Lipinski definition) is 1. The zero-order valence-corrected chi connectivity index (χ0v) is 12.7. The fourth-order valence-corrected chi connectivity index (χ4v) is 2.34. The van der Waals surface area contributed by atoms with Gasteiger partial charge < -0.3 is 10.1 Å². The molecule has 2 aromatic rings. The van der Waals surface area contributed by atoms with Crippen molar-refractivity contribution in [2.75, 3.05) is 7.11 Å². The van der Waals surface area contributed by atoms with Crippen LogP contribution >= 0.6 is 0 Å². The van der Waals surface area contributed by atoms with E-state index in [1.54, 1.807) is 7.11 Å². The lowest BCUT2D eigenvalue weighted by molar-refractivity contribution is 0.413. The molecule has 1 atom stereocenters. The van der Waals surface area contributed by atoms with E-state index in [9.17, 15) is 0 Å². The molecule has 0 aromatic heterocycles. The van der Waals surface area contributed by atoms with Gasteiger partial charge in [-0.15, -0.1) is 0 Å². The third kappa shape index (κ3) is 3.61. The standard InChI is InChI=1S/C18H23NO/c1-13-8-9-17(14(2)10-13)12-19-15(3)16-6-5-7-18(11-16)20-4/h5-11,15,19H,12H2,1-4H3/t15-/m1/s1. The number of rotatable bonds is 5. The number of nitrogens with one attached hydrogen (secondary N) is 1. The zero-order chi connectivity index (χ0) is 14.5. The third-order valence-corrected chi connectivity index (χ3v) is 3.69. The molecular formula is C18H23NO. The van der Waals surface area contributed by atoms with Gasteiger partial charge in [0.25, 0.3) is 0 Å². The summed E-state index contributed by atoms with van der Waals surface area (Å²) in [6.45, 7) is 7.35. The molecule has 2 nitrogen and oxygen atoms in total. The zero-order valence-electron chi connectivity index (χ0n) is 12.7. The van der Waals surface area contributed by atoms with E-state index in [0.717, 1.165) is 12.3 Å². The molecule has 0 aliphatic heterocycles. The van der Waals surface area contributed by atoms with Crippen LogP contribution in [0, 0.1) is 13.8 Å². The predicted molar refractivity (Wildman–Crippen MR) is 84.2 cm³/mol. The lowest BCUT2D eigenvalue weighted by atomic mass is 10.0. The van der Waals surface area contributed by atoms with Crippen LogP contribution in [0.5, 0.6) is 5.75 Å². The van der Waals surface area contributed by atoms with E-state index in [1.807, 2.05) is 12.1 Å². The van der Waals surface area contributed by atoms with E-state index in [2.05, 4.69) is 56.4 Å². The van der Waals surface area contributed by atoms with E-state index in [4.69, 9.17) is 4.74 Å². The highest BCUT2D eigenvalue weighted by atomic mass is 16.5. The minimum Gasteiger partial charge on any atom is -0.497 e. The molecule has 0 amide bonds. The highest BCUT2D eigenvalue weighted by Gasteiger charge is 2.07. The molecule has 20 heavy (non-hydrogen) atoms. The minimum atomic E-state index is 0.297. The molecule has 2 heteroatoms. The van der Waals surface area contributed by atoms with Gasteiger partial charge in [0, 0.05) is 12.6 Å². The quantitative estimate of drug-likeness (QED) is 0.880. The van der Waals surface area contributed by atoms with E-state index in [1.165, 1.54) is 22.3 Å². The normalized spacial score (nSPS) is 12.2. The van der Waals surface area contributed by atoms with Crippen molar-refractivity contribution in [2.24, 2.45) is 0 Å². The van der Waals surface area contributed by atoms with Crippen molar-refractivity contribution >= 4 is 0 Å². The van der Waals surface area contributed by atoms with Crippen LogP contribution in [-0.2, 0) is 6.54 Å². The van der Waals surface area contributed by atoms with Gasteiger partial charge in [0.1, 0.15) is 5.75 Å². The second kappa shape index (κ2) is 6.58. The first-order valence-electron chi connectivity index (χ1n) is 7.03. The van der Waals surface area contributed by atoms with Crippen molar-refractivity contribution in [2.45, 2.75) is 33.4 Å². The topological polar surface area (TPSA) is 21.3 Å². The summed E-state index contributed by atoms with van der Waals surface area (Å²) in [6.07, 6.45) is 0. The van der Waals surface area contributed by atoms with Crippen LogP contribution in [0.4, 0.5) is 0 Å². The summed E-state index contributed by atoms with van der Waals surface area (Å²) in [5.41, 5.74) is 5.25. The molecule has 2 rings (SSSR count). The van der Waals surface area contributed by atoms with Crippen LogP contribution in [0.2, 0.25) is 0 Å². The van der Waals surface area contributed by atoms with Gasteiger partial charge in [-0.05, 0) is 49.6 Å². The van der Waals surface area contributed by atoms with Crippen LogP contribution < -0.4 is 10.1 Å². The summed E-state index contributed by atoms with van der Waals surface area (Å²) in [5, 5.41) is 3.57. The average molecular weight is 269 g/mol. The Balaban J connectivity index is 2.02. The van der Waals surface area contributed by atoms with E-state index >= 15 is 0 Å². The maximum atomic E-state index is 5.27. The molecule has 0 heterocycles. The number of ether oxygens (including phenoxy) is 1. The molecule has 0 aliphatic carbocycles. The second-order valence-electron chi connectivity index (χ2n) is 5.31. The van der Waals surface area contributed by atoms with Gasteiger partial charge in [-0.2, -0.15) is 0 Å².